The van der Waals surface area contributed by atoms with Crippen molar-refractivity contribution in [2.24, 2.45) is 0 Å². The molecule has 0 saturated heterocycles. The number of unbranched alkanes of at least 4 members (excludes halogenated alkanes) is 2. The third-order valence-electron chi connectivity index (χ3n) is 1.33. The van der Waals surface area contributed by atoms with E-state index in [1.165, 1.54) is 0 Å². The zero-order chi connectivity index (χ0) is 17.1. The first-order valence-corrected chi connectivity index (χ1v) is 5.68. The van der Waals surface area contributed by atoms with Gasteiger partial charge >= 0.3 is 18.5 Å². The van der Waals surface area contributed by atoms with Crippen LogP contribution in [0.4, 0.5) is 14.4 Å². The van der Waals surface area contributed by atoms with Crippen molar-refractivity contribution in [2.45, 2.75) is 26.2 Å². The van der Waals surface area contributed by atoms with Crippen molar-refractivity contribution in [3.63, 3.8) is 0 Å². The van der Waals surface area contributed by atoms with Crippen LogP contribution in [0, 0.1) is 0 Å². The van der Waals surface area contributed by atoms with Gasteiger partial charge in [-0.3, -0.25) is 0 Å². The minimum Gasteiger partial charge on any atom is -0.450 e. The lowest BCUT2D eigenvalue weighted by Gasteiger charge is -1.96. The number of hydrogen-bond donors (Lipinski definition) is 3. The van der Waals surface area contributed by atoms with Crippen molar-refractivity contribution >= 4 is 18.5 Å². The molecule has 0 bridgehead atoms. The molecule has 9 heteroatoms. The third-order valence-corrected chi connectivity index (χ3v) is 1.33. The summed E-state index contributed by atoms with van der Waals surface area (Å²) in [5.74, 6) is 0. The van der Waals surface area contributed by atoms with E-state index in [1.807, 2.05) is 0 Å². The summed E-state index contributed by atoms with van der Waals surface area (Å²) in [6.07, 6.45) is 1.08. The smallest absolute Gasteiger partial charge is 0.450 e. The first kappa shape index (κ1) is 23.4. The zero-order valence-corrected chi connectivity index (χ0v) is 11.7. The average molecular weight is 308 g/mol. The van der Waals surface area contributed by atoms with Crippen molar-refractivity contribution in [1.29, 1.82) is 0 Å². The summed E-state index contributed by atoms with van der Waals surface area (Å²) in [4.78, 5) is 28.4. The molecule has 0 heterocycles. The molecule has 0 atom stereocenters. The lowest BCUT2D eigenvalue weighted by molar-refractivity contribution is 0.0900. The molecule has 0 aromatic heterocycles. The van der Waals surface area contributed by atoms with E-state index in [1.54, 1.807) is 0 Å². The zero-order valence-electron chi connectivity index (χ0n) is 11.7. The van der Waals surface area contributed by atoms with E-state index < -0.39 is 18.5 Å². The van der Waals surface area contributed by atoms with Crippen LogP contribution in [0.5, 0.6) is 0 Å². The topological polar surface area (TPSA) is 140 Å². The SMILES string of the molecule is C=COC(=O)OC=C.CCCCCOC(=O)O.O=C(O)O. The lowest BCUT2D eigenvalue weighted by atomic mass is 10.3. The van der Waals surface area contributed by atoms with Crippen molar-refractivity contribution in [3.8, 4) is 0 Å². The average Bonchev–Trinajstić information content (AvgIpc) is 2.35. The van der Waals surface area contributed by atoms with E-state index in [0.29, 0.717) is 6.61 Å². The molecule has 21 heavy (non-hydrogen) atoms. The highest BCUT2D eigenvalue weighted by molar-refractivity contribution is 5.61. The highest BCUT2D eigenvalue weighted by Crippen LogP contribution is 1.93. The summed E-state index contributed by atoms with van der Waals surface area (Å²) >= 11 is 0. The highest BCUT2D eigenvalue weighted by Gasteiger charge is 1.94. The van der Waals surface area contributed by atoms with Crippen molar-refractivity contribution in [2.75, 3.05) is 6.61 Å². The maximum absolute atomic E-state index is 10.1. The monoisotopic (exact) mass is 308 g/mol. The van der Waals surface area contributed by atoms with Crippen LogP contribution in [0.2, 0.25) is 0 Å². The first-order chi connectivity index (χ1) is 9.81. The maximum Gasteiger partial charge on any atom is 0.518 e. The van der Waals surface area contributed by atoms with Crippen LogP contribution in [-0.2, 0) is 14.2 Å². The highest BCUT2D eigenvalue weighted by atomic mass is 16.7. The molecule has 0 amide bonds. The number of hydrogen-bond acceptors (Lipinski definition) is 6. The van der Waals surface area contributed by atoms with Gasteiger partial charge in [0, 0.05) is 0 Å². The molecule has 0 rings (SSSR count). The van der Waals surface area contributed by atoms with E-state index in [9.17, 15) is 9.59 Å². The van der Waals surface area contributed by atoms with Crippen LogP contribution >= 0.6 is 0 Å². The largest absolute Gasteiger partial charge is 0.518 e. The molecule has 9 nitrogen and oxygen atoms in total. The molecule has 0 radical (unpaired) electrons. The Morgan fingerprint density at radius 3 is 1.71 bits per heavy atom. The third kappa shape index (κ3) is 46.8. The van der Waals surface area contributed by atoms with Gasteiger partial charge in [-0.15, -0.1) is 0 Å². The second-order valence-corrected chi connectivity index (χ2v) is 2.92. The molecule has 0 unspecified atom stereocenters. The molecule has 3 N–H and O–H groups in total. The Morgan fingerprint density at radius 1 is 1.00 bits per heavy atom. The fourth-order valence-corrected chi connectivity index (χ4v) is 0.675. The molecule has 0 aliphatic carbocycles. The number of rotatable bonds is 6. The summed E-state index contributed by atoms with van der Waals surface area (Å²) < 4.78 is 12.5. The summed E-state index contributed by atoms with van der Waals surface area (Å²) in [6, 6.07) is 0. The van der Waals surface area contributed by atoms with Gasteiger partial charge in [-0.05, 0) is 6.42 Å². The van der Waals surface area contributed by atoms with Crippen molar-refractivity contribution < 1.29 is 43.9 Å². The van der Waals surface area contributed by atoms with Gasteiger partial charge in [0.15, 0.2) is 0 Å². The van der Waals surface area contributed by atoms with E-state index in [2.05, 4.69) is 34.3 Å². The Bertz CT molecular complexity index is 296. The maximum atomic E-state index is 10.1. The molecule has 0 spiro atoms. The predicted octanol–water partition coefficient (Wildman–Crippen LogP) is 3.52. The van der Waals surface area contributed by atoms with Gasteiger partial charge < -0.3 is 29.5 Å². The Hall–Kier alpha value is -2.71. The summed E-state index contributed by atoms with van der Waals surface area (Å²) in [5.41, 5.74) is 0. The fourth-order valence-electron chi connectivity index (χ4n) is 0.675. The normalized spacial score (nSPS) is 7.67. The lowest BCUT2D eigenvalue weighted by Crippen LogP contribution is -2.00. The molecule has 0 aromatic rings. The van der Waals surface area contributed by atoms with Crippen LogP contribution in [-0.4, -0.2) is 40.4 Å². The second-order valence-electron chi connectivity index (χ2n) is 2.92. The minimum absolute atomic E-state index is 0.336. The summed E-state index contributed by atoms with van der Waals surface area (Å²) in [6.45, 7) is 8.64. The van der Waals surface area contributed by atoms with Crippen LogP contribution in [0.15, 0.2) is 25.7 Å². The Balaban J connectivity index is -0.000000249. The van der Waals surface area contributed by atoms with E-state index in [4.69, 9.17) is 20.1 Å². The van der Waals surface area contributed by atoms with Gasteiger partial charge in [0.1, 0.15) is 0 Å². The quantitative estimate of drug-likeness (QED) is 0.382. The first-order valence-electron chi connectivity index (χ1n) is 5.68. The molecule has 0 saturated carbocycles. The van der Waals surface area contributed by atoms with Crippen LogP contribution in [0.25, 0.3) is 0 Å². The molecule has 0 aromatic carbocycles. The minimum atomic E-state index is -1.83. The van der Waals surface area contributed by atoms with Crippen LogP contribution < -0.4 is 0 Å². The van der Waals surface area contributed by atoms with E-state index in [0.717, 1.165) is 31.8 Å². The van der Waals surface area contributed by atoms with Gasteiger partial charge in [0.05, 0.1) is 19.1 Å². The van der Waals surface area contributed by atoms with E-state index in [-0.39, 0.29) is 0 Å². The standard InChI is InChI=1S/C6H12O3.C5H6O3.CH2O3/c1-2-3-4-5-9-6(7)8;1-3-7-5(6)8-4-2;2-1(3)4/h2-5H2,1H3,(H,7,8);3-4H,1-2H2;(H2,2,3,4). The van der Waals surface area contributed by atoms with Crippen LogP contribution in [0.1, 0.15) is 26.2 Å². The Morgan fingerprint density at radius 2 is 1.43 bits per heavy atom. The Kier molecular flexibility index (Phi) is 21.9. The van der Waals surface area contributed by atoms with Gasteiger partial charge in [-0.1, -0.05) is 32.9 Å². The molecule has 0 fully saturated rings. The molecular weight excluding hydrogens is 288 g/mol. The number of carboxylic acid groups (broad SMARTS) is 3. The van der Waals surface area contributed by atoms with Gasteiger partial charge in [-0.25, -0.2) is 14.4 Å². The van der Waals surface area contributed by atoms with Gasteiger partial charge in [-0.2, -0.15) is 0 Å². The summed E-state index contributed by atoms with van der Waals surface area (Å²) in [5, 5.41) is 21.9. The van der Waals surface area contributed by atoms with E-state index >= 15 is 0 Å². The van der Waals surface area contributed by atoms with Gasteiger partial charge in [0.2, 0.25) is 0 Å². The number of ether oxygens (including phenoxy) is 3. The predicted molar refractivity (Wildman–Crippen MR) is 72.1 cm³/mol. The molecule has 0 aliphatic heterocycles. The van der Waals surface area contributed by atoms with Crippen LogP contribution in [0.3, 0.4) is 0 Å². The molecule has 0 aliphatic rings. The second kappa shape index (κ2) is 19.6. The molecular formula is C12H20O9. The molecule has 122 valence electrons. The fraction of sp³-hybridized carbons (Fsp3) is 0.417. The summed E-state index contributed by atoms with van der Waals surface area (Å²) in [7, 11) is 0. The van der Waals surface area contributed by atoms with Crippen molar-refractivity contribution in [3.05, 3.63) is 25.7 Å². The van der Waals surface area contributed by atoms with Crippen molar-refractivity contribution in [1.82, 2.24) is 0 Å². The Labute approximate surface area is 122 Å². The number of carbonyl (C=O) groups is 3. The van der Waals surface area contributed by atoms with Gasteiger partial charge in [0.25, 0.3) is 0 Å². The number of carbonyl (C=O) groups excluding carboxylic acids is 1.